The maximum atomic E-state index is 13.5. The molecule has 1 atom stereocenters. The molecule has 1 amide bonds. The molecule has 1 rings (SSSR count). The van der Waals surface area contributed by atoms with Crippen molar-refractivity contribution in [3.8, 4) is 0 Å². The van der Waals surface area contributed by atoms with Gasteiger partial charge in [0.05, 0.1) is 10.2 Å². The summed E-state index contributed by atoms with van der Waals surface area (Å²) in [6, 6.07) is 1.43. The van der Waals surface area contributed by atoms with E-state index in [2.05, 4.69) is 26.6 Å². The van der Waals surface area contributed by atoms with Gasteiger partial charge in [-0.05, 0) is 42.8 Å². The van der Waals surface area contributed by atoms with E-state index in [9.17, 15) is 13.6 Å². The van der Waals surface area contributed by atoms with Gasteiger partial charge >= 0.3 is 0 Å². The van der Waals surface area contributed by atoms with E-state index in [0.717, 1.165) is 6.07 Å². The molecule has 18 heavy (non-hydrogen) atoms. The lowest BCUT2D eigenvalue weighted by molar-refractivity contribution is -0.122. The molecular formula is C12H15BrF2N2O. The van der Waals surface area contributed by atoms with E-state index in [0.29, 0.717) is 0 Å². The van der Waals surface area contributed by atoms with E-state index in [-0.39, 0.29) is 22.1 Å². The lowest BCUT2D eigenvalue weighted by Crippen LogP contribution is -2.41. The van der Waals surface area contributed by atoms with Crippen molar-refractivity contribution < 1.29 is 13.6 Å². The molecule has 0 heterocycles. The number of nitrogens with one attached hydrogen (secondary N) is 2. The number of amides is 1. The van der Waals surface area contributed by atoms with Crippen molar-refractivity contribution in [2.75, 3.05) is 5.32 Å². The van der Waals surface area contributed by atoms with Crippen molar-refractivity contribution >= 4 is 27.5 Å². The number of hydrogen-bond donors (Lipinski definition) is 2. The summed E-state index contributed by atoms with van der Waals surface area (Å²) in [5.41, 5.74) is 0.0784. The van der Waals surface area contributed by atoms with Crippen molar-refractivity contribution in [3.63, 3.8) is 0 Å². The Kier molecular flexibility index (Phi) is 5.07. The Morgan fingerprint density at radius 2 is 1.83 bits per heavy atom. The Morgan fingerprint density at radius 3 is 2.39 bits per heavy atom. The first kappa shape index (κ1) is 14.9. The molecule has 0 saturated carbocycles. The minimum Gasteiger partial charge on any atom is -0.371 e. The molecule has 2 N–H and O–H groups in total. The van der Waals surface area contributed by atoms with Crippen LogP contribution >= 0.6 is 15.9 Å². The maximum absolute atomic E-state index is 13.5. The minimum absolute atomic E-state index is 0.00607. The standard InChI is InChI=1S/C12H15BrF2N2O/c1-6(2)16-12(18)7(3)17-11-4-8(13)9(14)5-10(11)15/h4-7,17H,1-3H3,(H,16,18). The molecule has 0 radical (unpaired) electrons. The molecule has 3 nitrogen and oxygen atoms in total. The highest BCUT2D eigenvalue weighted by atomic mass is 79.9. The van der Waals surface area contributed by atoms with E-state index >= 15 is 0 Å². The first-order valence-corrected chi connectivity index (χ1v) is 6.32. The normalized spacial score (nSPS) is 12.4. The van der Waals surface area contributed by atoms with Gasteiger partial charge in [0.1, 0.15) is 17.7 Å². The Morgan fingerprint density at radius 1 is 1.22 bits per heavy atom. The topological polar surface area (TPSA) is 41.1 Å². The van der Waals surface area contributed by atoms with E-state index in [1.54, 1.807) is 6.92 Å². The smallest absolute Gasteiger partial charge is 0.242 e. The number of carbonyl (C=O) groups is 1. The molecule has 1 aromatic rings. The van der Waals surface area contributed by atoms with Gasteiger partial charge in [-0.3, -0.25) is 4.79 Å². The third-order valence-electron chi connectivity index (χ3n) is 2.21. The molecule has 100 valence electrons. The summed E-state index contributed by atoms with van der Waals surface area (Å²) in [5, 5.41) is 5.40. The second-order valence-corrected chi connectivity index (χ2v) is 5.13. The number of rotatable bonds is 4. The molecule has 0 saturated heterocycles. The molecule has 0 aliphatic carbocycles. The maximum Gasteiger partial charge on any atom is 0.242 e. The molecule has 0 aliphatic heterocycles. The van der Waals surface area contributed by atoms with Gasteiger partial charge in [-0.15, -0.1) is 0 Å². The van der Waals surface area contributed by atoms with E-state index < -0.39 is 17.7 Å². The van der Waals surface area contributed by atoms with Gasteiger partial charge in [0, 0.05) is 12.1 Å². The molecule has 0 fully saturated rings. The minimum atomic E-state index is -0.736. The third kappa shape index (κ3) is 3.94. The van der Waals surface area contributed by atoms with Crippen LogP contribution in [-0.2, 0) is 4.79 Å². The number of hydrogen-bond acceptors (Lipinski definition) is 2. The summed E-state index contributed by atoms with van der Waals surface area (Å²) in [7, 11) is 0. The van der Waals surface area contributed by atoms with Crippen LogP contribution in [0.5, 0.6) is 0 Å². The van der Waals surface area contributed by atoms with Crippen LogP contribution in [0.2, 0.25) is 0 Å². The van der Waals surface area contributed by atoms with Crippen LogP contribution in [0.3, 0.4) is 0 Å². The second kappa shape index (κ2) is 6.13. The summed E-state index contributed by atoms with van der Waals surface area (Å²) >= 11 is 2.97. The van der Waals surface area contributed by atoms with Crippen LogP contribution in [0.25, 0.3) is 0 Å². The number of halogens is 3. The summed E-state index contributed by atoms with van der Waals surface area (Å²) in [6.07, 6.45) is 0. The Balaban J connectivity index is 2.79. The van der Waals surface area contributed by atoms with Gasteiger partial charge in [0.2, 0.25) is 5.91 Å². The summed E-state index contributed by atoms with van der Waals surface area (Å²) in [4.78, 5) is 11.6. The van der Waals surface area contributed by atoms with Gasteiger partial charge in [0.15, 0.2) is 0 Å². The lowest BCUT2D eigenvalue weighted by atomic mass is 10.2. The van der Waals surface area contributed by atoms with Crippen LogP contribution in [0.4, 0.5) is 14.5 Å². The molecule has 1 unspecified atom stereocenters. The Bertz CT molecular complexity index is 452. The van der Waals surface area contributed by atoms with E-state index in [4.69, 9.17) is 0 Å². The Hall–Kier alpha value is -1.17. The fraction of sp³-hybridized carbons (Fsp3) is 0.417. The molecule has 0 spiro atoms. The first-order chi connectivity index (χ1) is 8.31. The predicted molar refractivity (Wildman–Crippen MR) is 70.4 cm³/mol. The lowest BCUT2D eigenvalue weighted by Gasteiger charge is -2.17. The van der Waals surface area contributed by atoms with Gasteiger partial charge < -0.3 is 10.6 Å². The van der Waals surface area contributed by atoms with Crippen LogP contribution < -0.4 is 10.6 Å². The zero-order chi connectivity index (χ0) is 13.9. The molecule has 0 bridgehead atoms. The zero-order valence-electron chi connectivity index (χ0n) is 10.4. The van der Waals surface area contributed by atoms with Crippen molar-refractivity contribution in [1.29, 1.82) is 0 Å². The molecule has 0 aromatic heterocycles. The quantitative estimate of drug-likeness (QED) is 0.837. The highest BCUT2D eigenvalue weighted by Gasteiger charge is 2.16. The average Bonchev–Trinajstić information content (AvgIpc) is 2.24. The monoisotopic (exact) mass is 320 g/mol. The Labute approximate surface area is 113 Å². The fourth-order valence-electron chi connectivity index (χ4n) is 1.34. The van der Waals surface area contributed by atoms with Gasteiger partial charge in [-0.2, -0.15) is 0 Å². The molecule has 1 aromatic carbocycles. The number of anilines is 1. The molecule has 6 heteroatoms. The third-order valence-corrected chi connectivity index (χ3v) is 2.81. The first-order valence-electron chi connectivity index (χ1n) is 5.52. The van der Waals surface area contributed by atoms with Crippen LogP contribution in [0.15, 0.2) is 16.6 Å². The van der Waals surface area contributed by atoms with Crippen molar-refractivity contribution in [3.05, 3.63) is 28.2 Å². The second-order valence-electron chi connectivity index (χ2n) is 4.28. The molecular weight excluding hydrogens is 306 g/mol. The highest BCUT2D eigenvalue weighted by molar-refractivity contribution is 9.10. The van der Waals surface area contributed by atoms with Gasteiger partial charge in [-0.25, -0.2) is 8.78 Å². The van der Waals surface area contributed by atoms with Gasteiger partial charge in [0.25, 0.3) is 0 Å². The van der Waals surface area contributed by atoms with Gasteiger partial charge in [-0.1, -0.05) is 0 Å². The fourth-order valence-corrected chi connectivity index (χ4v) is 1.68. The van der Waals surface area contributed by atoms with Crippen molar-refractivity contribution in [2.45, 2.75) is 32.9 Å². The summed E-state index contributed by atoms with van der Waals surface area (Å²) in [6.45, 7) is 5.27. The van der Waals surface area contributed by atoms with Crippen LogP contribution in [0, 0.1) is 11.6 Å². The molecule has 0 aliphatic rings. The van der Waals surface area contributed by atoms with E-state index in [1.807, 2.05) is 13.8 Å². The predicted octanol–water partition coefficient (Wildman–Crippen LogP) is 3.05. The van der Waals surface area contributed by atoms with E-state index in [1.165, 1.54) is 6.07 Å². The summed E-state index contributed by atoms with van der Waals surface area (Å²) in [5.74, 6) is -1.66. The summed E-state index contributed by atoms with van der Waals surface area (Å²) < 4.78 is 26.6. The van der Waals surface area contributed by atoms with Crippen molar-refractivity contribution in [2.24, 2.45) is 0 Å². The van der Waals surface area contributed by atoms with Crippen LogP contribution in [0.1, 0.15) is 20.8 Å². The van der Waals surface area contributed by atoms with Crippen molar-refractivity contribution in [1.82, 2.24) is 5.32 Å². The SMILES string of the molecule is CC(C)NC(=O)C(C)Nc1cc(Br)c(F)cc1F. The zero-order valence-corrected chi connectivity index (χ0v) is 11.9. The van der Waals surface area contributed by atoms with Crippen LogP contribution in [-0.4, -0.2) is 18.0 Å². The number of benzene rings is 1. The average molecular weight is 321 g/mol. The largest absolute Gasteiger partial charge is 0.371 e. The number of carbonyl (C=O) groups excluding carboxylic acids is 1. The highest BCUT2D eigenvalue weighted by Crippen LogP contribution is 2.24.